The number of amides is 1. The fourth-order valence-electron chi connectivity index (χ4n) is 2.55. The Kier molecular flexibility index (Phi) is 6.93. The summed E-state index contributed by atoms with van der Waals surface area (Å²) in [6, 6.07) is 3.41. The number of carbonyl (C=O) groups excluding carboxylic acids is 1. The van der Waals surface area contributed by atoms with Gasteiger partial charge in [0.15, 0.2) is 17.2 Å². The van der Waals surface area contributed by atoms with Crippen molar-refractivity contribution in [3.8, 4) is 23.3 Å². The molecule has 0 radical (unpaired) electrons. The molecule has 1 fully saturated rings. The molecule has 0 aliphatic heterocycles. The van der Waals surface area contributed by atoms with Gasteiger partial charge >= 0.3 is 6.01 Å². The maximum Gasteiger partial charge on any atom is 0.321 e. The monoisotopic (exact) mass is 417 g/mol. The highest BCUT2D eigenvalue weighted by Gasteiger charge is 2.23. The van der Waals surface area contributed by atoms with Crippen LogP contribution in [0.25, 0.3) is 6.08 Å². The Bertz CT molecular complexity index is 882. The van der Waals surface area contributed by atoms with Crippen molar-refractivity contribution in [3.63, 3.8) is 0 Å². The Morgan fingerprint density at radius 3 is 2.62 bits per heavy atom. The zero-order valence-corrected chi connectivity index (χ0v) is 17.4. The predicted octanol–water partition coefficient (Wildman–Crippen LogP) is 4.26. The van der Waals surface area contributed by atoms with Gasteiger partial charge in [-0.1, -0.05) is 23.8 Å². The highest BCUT2D eigenvalue weighted by atomic mass is 35.5. The van der Waals surface area contributed by atoms with Crippen LogP contribution in [0.5, 0.6) is 23.3 Å². The predicted molar refractivity (Wildman–Crippen MR) is 111 cm³/mol. The molecule has 1 atom stereocenters. The van der Waals surface area contributed by atoms with E-state index >= 15 is 0 Å². The molecular formula is C21H24ClN3O4. The third-order valence-corrected chi connectivity index (χ3v) is 4.54. The lowest BCUT2D eigenvalue weighted by Crippen LogP contribution is -2.28. The van der Waals surface area contributed by atoms with E-state index in [0.29, 0.717) is 34.8 Å². The average Bonchev–Trinajstić information content (AvgIpc) is 3.51. The minimum absolute atomic E-state index is 0.0848. The van der Waals surface area contributed by atoms with E-state index in [-0.39, 0.29) is 18.0 Å². The van der Waals surface area contributed by atoms with Gasteiger partial charge in [-0.2, -0.15) is 0 Å². The van der Waals surface area contributed by atoms with Crippen LogP contribution in [0, 0.1) is 5.92 Å². The molecule has 154 valence electrons. The first-order valence-corrected chi connectivity index (χ1v) is 9.78. The highest BCUT2D eigenvalue weighted by molar-refractivity contribution is 6.32. The normalized spacial score (nSPS) is 14.5. The van der Waals surface area contributed by atoms with Crippen molar-refractivity contribution in [1.29, 1.82) is 0 Å². The third-order valence-electron chi connectivity index (χ3n) is 4.25. The summed E-state index contributed by atoms with van der Waals surface area (Å²) in [5.41, 5.74) is 0.780. The van der Waals surface area contributed by atoms with Crippen molar-refractivity contribution in [3.05, 3.63) is 41.2 Å². The molecular weight excluding hydrogens is 394 g/mol. The fraction of sp³-hybridized carbons (Fsp3) is 0.381. The van der Waals surface area contributed by atoms with Gasteiger partial charge in [-0.3, -0.25) is 4.79 Å². The van der Waals surface area contributed by atoms with Crippen LogP contribution in [0.15, 0.2) is 30.6 Å². The van der Waals surface area contributed by atoms with E-state index < -0.39 is 0 Å². The van der Waals surface area contributed by atoms with E-state index in [1.54, 1.807) is 31.6 Å². The number of hydrogen-bond acceptors (Lipinski definition) is 6. The molecule has 1 heterocycles. The molecule has 0 bridgehead atoms. The lowest BCUT2D eigenvalue weighted by Gasteiger charge is -2.13. The minimum Gasteiger partial charge on any atom is -0.493 e. The number of ether oxygens (including phenoxy) is 3. The van der Waals surface area contributed by atoms with Crippen molar-refractivity contribution in [2.24, 2.45) is 5.92 Å². The molecule has 3 rings (SSSR count). The van der Waals surface area contributed by atoms with E-state index in [9.17, 15) is 4.79 Å². The molecule has 0 saturated heterocycles. The van der Waals surface area contributed by atoms with Gasteiger partial charge in [0.2, 0.25) is 5.91 Å². The molecule has 7 nitrogen and oxygen atoms in total. The minimum atomic E-state index is -0.0876. The van der Waals surface area contributed by atoms with Crippen molar-refractivity contribution in [2.45, 2.75) is 32.7 Å². The molecule has 1 aliphatic carbocycles. The molecule has 1 aromatic carbocycles. The topological polar surface area (TPSA) is 82.6 Å². The van der Waals surface area contributed by atoms with Crippen molar-refractivity contribution in [2.75, 3.05) is 13.7 Å². The summed E-state index contributed by atoms with van der Waals surface area (Å²) in [6.07, 6.45) is 9.32. The number of nitrogens with zero attached hydrogens (tertiary/aromatic N) is 2. The Hall–Kier alpha value is -2.80. The summed E-state index contributed by atoms with van der Waals surface area (Å²) < 4.78 is 16.9. The number of methoxy groups -OCH3 is 1. The van der Waals surface area contributed by atoms with Crippen molar-refractivity contribution < 1.29 is 19.0 Å². The van der Waals surface area contributed by atoms with Gasteiger partial charge in [0, 0.05) is 43.1 Å². The molecule has 1 N–H and O–H groups in total. The number of aromatic nitrogens is 2. The largest absolute Gasteiger partial charge is 0.493 e. The lowest BCUT2D eigenvalue weighted by atomic mass is 10.2. The van der Waals surface area contributed by atoms with Gasteiger partial charge in [0.1, 0.15) is 0 Å². The van der Waals surface area contributed by atoms with Gasteiger partial charge < -0.3 is 19.5 Å². The van der Waals surface area contributed by atoms with Crippen LogP contribution in [-0.4, -0.2) is 35.6 Å². The molecule has 0 unspecified atom stereocenters. The Balaban J connectivity index is 1.65. The number of benzene rings is 1. The fourth-order valence-corrected chi connectivity index (χ4v) is 2.74. The van der Waals surface area contributed by atoms with Crippen LogP contribution in [0.3, 0.4) is 0 Å². The lowest BCUT2D eigenvalue weighted by molar-refractivity contribution is -0.119. The first kappa shape index (κ1) is 20.9. The van der Waals surface area contributed by atoms with E-state index in [2.05, 4.69) is 15.3 Å². The van der Waals surface area contributed by atoms with E-state index in [4.69, 9.17) is 25.8 Å². The number of hydrogen-bond donors (Lipinski definition) is 1. The van der Waals surface area contributed by atoms with E-state index in [0.717, 1.165) is 5.56 Å². The van der Waals surface area contributed by atoms with Gasteiger partial charge in [0.25, 0.3) is 0 Å². The second kappa shape index (κ2) is 9.60. The SMILES string of the molecule is COc1cc(Oc2ncc(/C=C/[C@H](C)NC(C)=O)cn2)c(Cl)cc1OCC1CC1. The zero-order valence-electron chi connectivity index (χ0n) is 16.6. The second-order valence-corrected chi connectivity index (χ2v) is 7.34. The quantitative estimate of drug-likeness (QED) is 0.656. The highest BCUT2D eigenvalue weighted by Crippen LogP contribution is 2.40. The van der Waals surface area contributed by atoms with Gasteiger partial charge in [-0.05, 0) is 25.7 Å². The van der Waals surface area contributed by atoms with Crippen LogP contribution in [0.4, 0.5) is 0 Å². The van der Waals surface area contributed by atoms with Crippen LogP contribution in [0.1, 0.15) is 32.3 Å². The summed E-state index contributed by atoms with van der Waals surface area (Å²) in [5, 5.41) is 3.15. The van der Waals surface area contributed by atoms with Crippen LogP contribution in [-0.2, 0) is 4.79 Å². The smallest absolute Gasteiger partial charge is 0.321 e. The molecule has 1 amide bonds. The summed E-state index contributed by atoms with van der Waals surface area (Å²) in [6.45, 7) is 4.01. The molecule has 1 aliphatic rings. The number of rotatable bonds is 9. The Morgan fingerprint density at radius 1 is 1.28 bits per heavy atom. The maximum atomic E-state index is 11.0. The standard InChI is InChI=1S/C21H24ClN3O4/c1-13(25-14(2)26)4-5-16-10-23-21(24-11-16)29-18-9-19(27-3)20(8-17(18)22)28-12-15-6-7-15/h4-5,8-11,13,15H,6-7,12H2,1-3H3,(H,25,26)/b5-4+/t13-/m0/s1. The van der Waals surface area contributed by atoms with Gasteiger partial charge in [0.05, 0.1) is 18.7 Å². The number of halogens is 1. The molecule has 2 aromatic rings. The van der Waals surface area contributed by atoms with Crippen LogP contribution in [0.2, 0.25) is 5.02 Å². The van der Waals surface area contributed by atoms with Gasteiger partial charge in [-0.25, -0.2) is 9.97 Å². The average molecular weight is 418 g/mol. The molecule has 29 heavy (non-hydrogen) atoms. The first-order chi connectivity index (χ1) is 13.9. The molecule has 1 aromatic heterocycles. The number of nitrogens with one attached hydrogen (secondary N) is 1. The van der Waals surface area contributed by atoms with Crippen molar-refractivity contribution in [1.82, 2.24) is 15.3 Å². The molecule has 0 spiro atoms. The Labute approximate surface area is 175 Å². The first-order valence-electron chi connectivity index (χ1n) is 9.40. The Morgan fingerprint density at radius 2 is 2.00 bits per heavy atom. The summed E-state index contributed by atoms with van der Waals surface area (Å²) >= 11 is 6.33. The summed E-state index contributed by atoms with van der Waals surface area (Å²) in [5.74, 6) is 2.04. The van der Waals surface area contributed by atoms with E-state index in [1.807, 2.05) is 19.1 Å². The van der Waals surface area contributed by atoms with Crippen LogP contribution < -0.4 is 19.5 Å². The second-order valence-electron chi connectivity index (χ2n) is 6.94. The third kappa shape index (κ3) is 6.35. The molecule has 8 heteroatoms. The maximum absolute atomic E-state index is 11.0. The zero-order chi connectivity index (χ0) is 20.8. The summed E-state index contributed by atoms with van der Waals surface area (Å²) in [7, 11) is 1.57. The number of carbonyl (C=O) groups is 1. The van der Waals surface area contributed by atoms with E-state index in [1.165, 1.54) is 19.8 Å². The molecule has 1 saturated carbocycles. The van der Waals surface area contributed by atoms with Crippen molar-refractivity contribution >= 4 is 23.6 Å². The van der Waals surface area contributed by atoms with Gasteiger partial charge in [-0.15, -0.1) is 0 Å². The van der Waals surface area contributed by atoms with Crippen LogP contribution >= 0.6 is 11.6 Å². The summed E-state index contributed by atoms with van der Waals surface area (Å²) in [4.78, 5) is 19.4.